The fourth-order valence-corrected chi connectivity index (χ4v) is 5.07. The maximum atomic E-state index is 6.51. The molecule has 194 valence electrons. The average Bonchev–Trinajstić information content (AvgIpc) is 3.40. The lowest BCUT2D eigenvalue weighted by molar-refractivity contribution is -0.0190. The molecule has 0 amide bonds. The van der Waals surface area contributed by atoms with E-state index < -0.39 is 0 Å². The minimum atomic E-state index is -0.319. The molecule has 5 rings (SSSR count). The first-order valence-corrected chi connectivity index (χ1v) is 13.3. The molecule has 37 heavy (non-hydrogen) atoms. The van der Waals surface area contributed by atoms with Gasteiger partial charge in [-0.2, -0.15) is 5.10 Å². The van der Waals surface area contributed by atoms with Crippen LogP contribution in [-0.4, -0.2) is 31.5 Å². The summed E-state index contributed by atoms with van der Waals surface area (Å²) in [7, 11) is 3.30. The quantitative estimate of drug-likeness (QED) is 0.259. The highest BCUT2D eigenvalue weighted by molar-refractivity contribution is 6.02. The summed E-state index contributed by atoms with van der Waals surface area (Å²) < 4.78 is 23.4. The van der Waals surface area contributed by atoms with E-state index in [1.807, 2.05) is 42.5 Å². The molecule has 0 aromatic heterocycles. The van der Waals surface area contributed by atoms with Crippen LogP contribution in [0, 0.1) is 0 Å². The minimum Gasteiger partial charge on any atom is -0.494 e. The number of hydrogen-bond acceptors (Lipinski definition) is 6. The Morgan fingerprint density at radius 1 is 0.892 bits per heavy atom. The van der Waals surface area contributed by atoms with Crippen LogP contribution in [0.15, 0.2) is 71.8 Å². The lowest BCUT2D eigenvalue weighted by Crippen LogP contribution is -2.33. The summed E-state index contributed by atoms with van der Waals surface area (Å²) in [5, 5.41) is 7.17. The summed E-state index contributed by atoms with van der Waals surface area (Å²) in [6, 6.07) is 22.6. The van der Waals surface area contributed by atoms with E-state index in [1.54, 1.807) is 14.2 Å². The van der Waals surface area contributed by atoms with Gasteiger partial charge in [0, 0.05) is 23.1 Å². The van der Waals surface area contributed by atoms with Crippen molar-refractivity contribution in [3.8, 4) is 23.0 Å². The molecule has 6 nitrogen and oxygen atoms in total. The number of benzene rings is 3. The minimum absolute atomic E-state index is 0.0945. The van der Waals surface area contributed by atoms with Crippen LogP contribution in [0.2, 0.25) is 0 Å². The summed E-state index contributed by atoms with van der Waals surface area (Å²) in [5.41, 5.74) is 4.22. The van der Waals surface area contributed by atoms with Crippen molar-refractivity contribution >= 4 is 5.71 Å². The van der Waals surface area contributed by atoms with Gasteiger partial charge in [-0.25, -0.2) is 5.01 Å². The highest BCUT2D eigenvalue weighted by atomic mass is 16.5. The van der Waals surface area contributed by atoms with Crippen molar-refractivity contribution in [2.45, 2.75) is 57.7 Å². The van der Waals surface area contributed by atoms with Crippen molar-refractivity contribution in [2.75, 3.05) is 20.8 Å². The standard InChI is InChI=1S/C31H36N2O4/c1-4-5-6-7-10-19-36-24-16-13-22(14-17-24)31-33-27(25-11-8-9-12-28(25)37-31)21-26(32-33)23-15-18-29(34-2)30(20-23)35-3/h8-9,11-18,20,27,31H,4-7,10,19,21H2,1-3H3/t27-,31+/m1/s1. The molecule has 2 atom stereocenters. The number of nitrogens with zero attached hydrogens (tertiary/aromatic N) is 2. The predicted molar refractivity (Wildman–Crippen MR) is 146 cm³/mol. The van der Waals surface area contributed by atoms with Gasteiger partial charge in [-0.05, 0) is 55.0 Å². The van der Waals surface area contributed by atoms with E-state index in [1.165, 1.54) is 25.7 Å². The Labute approximate surface area is 219 Å². The van der Waals surface area contributed by atoms with Crippen LogP contribution in [0.3, 0.4) is 0 Å². The maximum absolute atomic E-state index is 6.51. The molecule has 0 saturated carbocycles. The number of fused-ring (bicyclic) bond motifs is 3. The molecule has 0 saturated heterocycles. The molecule has 3 aromatic rings. The Morgan fingerprint density at radius 2 is 1.68 bits per heavy atom. The Balaban J connectivity index is 1.36. The first-order chi connectivity index (χ1) is 18.2. The molecule has 0 radical (unpaired) electrons. The van der Waals surface area contributed by atoms with Crippen molar-refractivity contribution in [3.05, 3.63) is 83.4 Å². The van der Waals surface area contributed by atoms with E-state index in [9.17, 15) is 0 Å². The molecular weight excluding hydrogens is 464 g/mol. The molecule has 0 N–H and O–H groups in total. The fraction of sp³-hybridized carbons (Fsp3) is 0.387. The molecule has 0 aliphatic carbocycles. The summed E-state index contributed by atoms with van der Waals surface area (Å²) in [6.07, 6.45) is 6.61. The predicted octanol–water partition coefficient (Wildman–Crippen LogP) is 7.30. The van der Waals surface area contributed by atoms with Crippen molar-refractivity contribution in [2.24, 2.45) is 5.10 Å². The normalized spacial score (nSPS) is 17.9. The topological polar surface area (TPSA) is 52.5 Å². The number of rotatable bonds is 11. The Morgan fingerprint density at radius 3 is 2.46 bits per heavy atom. The molecule has 0 bridgehead atoms. The van der Waals surface area contributed by atoms with Crippen LogP contribution in [0.4, 0.5) is 0 Å². The summed E-state index contributed by atoms with van der Waals surface area (Å²) in [5.74, 6) is 3.20. The molecule has 2 heterocycles. The summed E-state index contributed by atoms with van der Waals surface area (Å²) in [4.78, 5) is 0. The van der Waals surface area contributed by atoms with E-state index in [0.717, 1.165) is 53.3 Å². The molecule has 0 unspecified atom stereocenters. The fourth-order valence-electron chi connectivity index (χ4n) is 5.07. The number of ether oxygens (including phenoxy) is 4. The number of hydrogen-bond donors (Lipinski definition) is 0. The number of methoxy groups -OCH3 is 2. The second-order valence-corrected chi connectivity index (χ2v) is 9.56. The lowest BCUT2D eigenvalue weighted by atomic mass is 9.96. The molecule has 3 aromatic carbocycles. The van der Waals surface area contributed by atoms with Crippen molar-refractivity contribution in [1.29, 1.82) is 0 Å². The molecule has 2 aliphatic heterocycles. The van der Waals surface area contributed by atoms with Crippen LogP contribution < -0.4 is 18.9 Å². The third-order valence-corrected chi connectivity index (χ3v) is 7.10. The highest BCUT2D eigenvalue weighted by Gasteiger charge is 2.41. The zero-order valence-electron chi connectivity index (χ0n) is 22.0. The van der Waals surface area contributed by atoms with Gasteiger partial charge in [-0.15, -0.1) is 0 Å². The number of unbranched alkanes of at least 4 members (excludes halogenated alkanes) is 4. The van der Waals surface area contributed by atoms with Gasteiger partial charge in [0.25, 0.3) is 0 Å². The molecule has 6 heteroatoms. The van der Waals surface area contributed by atoms with Crippen LogP contribution in [-0.2, 0) is 0 Å². The van der Waals surface area contributed by atoms with Gasteiger partial charge in [0.05, 0.1) is 32.6 Å². The Bertz CT molecular complexity index is 1220. The zero-order valence-corrected chi connectivity index (χ0v) is 22.0. The first-order valence-electron chi connectivity index (χ1n) is 13.3. The van der Waals surface area contributed by atoms with Gasteiger partial charge in [-0.1, -0.05) is 50.8 Å². The molecule has 0 spiro atoms. The second kappa shape index (κ2) is 11.6. The summed E-state index contributed by atoms with van der Waals surface area (Å²) >= 11 is 0. The lowest BCUT2D eigenvalue weighted by Gasteiger charge is -2.38. The van der Waals surface area contributed by atoms with Crippen LogP contribution in [0.1, 0.15) is 74.4 Å². The van der Waals surface area contributed by atoms with E-state index in [4.69, 9.17) is 24.0 Å². The van der Waals surface area contributed by atoms with Crippen LogP contribution in [0.25, 0.3) is 0 Å². The van der Waals surface area contributed by atoms with Gasteiger partial charge < -0.3 is 18.9 Å². The van der Waals surface area contributed by atoms with Gasteiger partial charge in [-0.3, -0.25) is 0 Å². The van der Waals surface area contributed by atoms with Crippen molar-refractivity contribution in [1.82, 2.24) is 5.01 Å². The number of hydrazone groups is 1. The smallest absolute Gasteiger partial charge is 0.213 e. The van der Waals surface area contributed by atoms with Gasteiger partial charge in [0.15, 0.2) is 11.5 Å². The monoisotopic (exact) mass is 500 g/mol. The van der Waals surface area contributed by atoms with E-state index in [0.29, 0.717) is 11.5 Å². The molecular formula is C31H36N2O4. The molecule has 0 fully saturated rings. The Kier molecular flexibility index (Phi) is 7.83. The van der Waals surface area contributed by atoms with E-state index in [2.05, 4.69) is 36.2 Å². The maximum Gasteiger partial charge on any atom is 0.213 e. The van der Waals surface area contributed by atoms with Crippen molar-refractivity contribution < 1.29 is 18.9 Å². The summed E-state index contributed by atoms with van der Waals surface area (Å²) in [6.45, 7) is 2.99. The SMILES string of the molecule is CCCCCCCOc1ccc([C@@H]2Oc3ccccc3[C@H]3CC(c4ccc(OC)c(OC)c4)=NN32)cc1. The van der Waals surface area contributed by atoms with E-state index >= 15 is 0 Å². The van der Waals surface area contributed by atoms with Gasteiger partial charge in [0.2, 0.25) is 6.23 Å². The zero-order chi connectivity index (χ0) is 25.6. The Hall–Kier alpha value is -3.67. The number of para-hydroxylation sites is 1. The second-order valence-electron chi connectivity index (χ2n) is 9.56. The third kappa shape index (κ3) is 5.38. The van der Waals surface area contributed by atoms with Gasteiger partial charge in [0.1, 0.15) is 11.5 Å². The highest BCUT2D eigenvalue weighted by Crippen LogP contribution is 2.47. The van der Waals surface area contributed by atoms with Crippen LogP contribution in [0.5, 0.6) is 23.0 Å². The van der Waals surface area contributed by atoms with Gasteiger partial charge >= 0.3 is 0 Å². The third-order valence-electron chi connectivity index (χ3n) is 7.10. The largest absolute Gasteiger partial charge is 0.494 e. The van der Waals surface area contributed by atoms with Crippen LogP contribution >= 0.6 is 0 Å². The average molecular weight is 501 g/mol. The van der Waals surface area contributed by atoms with E-state index in [-0.39, 0.29) is 12.3 Å². The molecule has 2 aliphatic rings. The van der Waals surface area contributed by atoms with Crippen molar-refractivity contribution in [3.63, 3.8) is 0 Å². The first kappa shape index (κ1) is 25.0.